The lowest BCUT2D eigenvalue weighted by Gasteiger charge is -2.09. The molecule has 4 nitrogen and oxygen atoms in total. The summed E-state index contributed by atoms with van der Waals surface area (Å²) in [6.45, 7) is 0. The molecule has 0 fully saturated rings. The minimum atomic E-state index is -0.620. The molecule has 1 heterocycles. The van der Waals surface area contributed by atoms with Gasteiger partial charge in [0.05, 0.1) is 12.8 Å². The van der Waals surface area contributed by atoms with E-state index < -0.39 is 12.0 Å². The lowest BCUT2D eigenvalue weighted by molar-refractivity contribution is -0.142. The summed E-state index contributed by atoms with van der Waals surface area (Å²) >= 11 is 0. The van der Waals surface area contributed by atoms with Gasteiger partial charge in [-0.05, 0) is 24.1 Å². The van der Waals surface area contributed by atoms with Gasteiger partial charge in [-0.2, -0.15) is 0 Å². The maximum atomic E-state index is 11.2. The summed E-state index contributed by atoms with van der Waals surface area (Å²) in [7, 11) is 1.34. The van der Waals surface area contributed by atoms with Crippen molar-refractivity contribution in [2.45, 2.75) is 12.5 Å². The quantitative estimate of drug-likeness (QED) is 0.847. The van der Waals surface area contributed by atoms with Gasteiger partial charge in [-0.1, -0.05) is 30.3 Å². The molecule has 2 aromatic rings. The minimum absolute atomic E-state index is 0.395. The van der Waals surface area contributed by atoms with Gasteiger partial charge in [0.15, 0.2) is 0 Å². The fourth-order valence-electron chi connectivity index (χ4n) is 1.83. The highest BCUT2D eigenvalue weighted by Gasteiger charge is 2.14. The molecule has 0 bridgehead atoms. The third kappa shape index (κ3) is 3.39. The molecule has 0 aliphatic carbocycles. The van der Waals surface area contributed by atoms with Crippen LogP contribution in [0, 0.1) is 0 Å². The van der Waals surface area contributed by atoms with E-state index in [1.54, 1.807) is 6.20 Å². The Balaban J connectivity index is 2.09. The Labute approximate surface area is 112 Å². The molecule has 0 unspecified atom stereocenters. The molecule has 0 aliphatic heterocycles. The first-order valence-electron chi connectivity index (χ1n) is 6.04. The van der Waals surface area contributed by atoms with Crippen molar-refractivity contribution in [2.75, 3.05) is 7.11 Å². The maximum absolute atomic E-state index is 11.2. The van der Waals surface area contributed by atoms with E-state index in [9.17, 15) is 4.79 Å². The van der Waals surface area contributed by atoms with E-state index in [2.05, 4.69) is 9.72 Å². The van der Waals surface area contributed by atoms with E-state index in [0.29, 0.717) is 6.42 Å². The highest BCUT2D eigenvalue weighted by atomic mass is 16.5. The van der Waals surface area contributed by atoms with Crippen LogP contribution in [-0.2, 0) is 16.0 Å². The van der Waals surface area contributed by atoms with Crippen LogP contribution in [0.1, 0.15) is 5.56 Å². The Bertz CT molecular complexity index is 538. The van der Waals surface area contributed by atoms with Crippen LogP contribution in [0.25, 0.3) is 11.3 Å². The first kappa shape index (κ1) is 13.2. The Morgan fingerprint density at radius 1 is 1.26 bits per heavy atom. The second-order valence-electron chi connectivity index (χ2n) is 4.25. The average Bonchev–Trinajstić information content (AvgIpc) is 2.48. The van der Waals surface area contributed by atoms with Crippen LogP contribution in [0.15, 0.2) is 48.7 Å². The van der Waals surface area contributed by atoms with Gasteiger partial charge in [0.1, 0.15) is 6.04 Å². The van der Waals surface area contributed by atoms with Gasteiger partial charge >= 0.3 is 5.97 Å². The van der Waals surface area contributed by atoms with Crippen LogP contribution in [0.4, 0.5) is 0 Å². The van der Waals surface area contributed by atoms with Crippen LogP contribution in [0.3, 0.4) is 0 Å². The van der Waals surface area contributed by atoms with Crippen LogP contribution in [0.5, 0.6) is 0 Å². The zero-order chi connectivity index (χ0) is 13.7. The first-order valence-corrected chi connectivity index (χ1v) is 6.04. The number of benzene rings is 1. The number of carbonyl (C=O) groups excluding carboxylic acids is 1. The molecule has 0 saturated carbocycles. The van der Waals surface area contributed by atoms with E-state index in [1.165, 1.54) is 7.11 Å². The fraction of sp³-hybridized carbons (Fsp3) is 0.200. The number of pyridine rings is 1. The average molecular weight is 256 g/mol. The topological polar surface area (TPSA) is 65.2 Å². The molecular weight excluding hydrogens is 240 g/mol. The van der Waals surface area contributed by atoms with Gasteiger partial charge in [0.2, 0.25) is 0 Å². The smallest absolute Gasteiger partial charge is 0.322 e. The number of carbonyl (C=O) groups is 1. The molecule has 0 aliphatic rings. The first-order chi connectivity index (χ1) is 9.20. The van der Waals surface area contributed by atoms with Crippen molar-refractivity contribution in [3.63, 3.8) is 0 Å². The summed E-state index contributed by atoms with van der Waals surface area (Å²) in [4.78, 5) is 15.5. The Morgan fingerprint density at radius 2 is 2.00 bits per heavy atom. The van der Waals surface area contributed by atoms with Gasteiger partial charge < -0.3 is 10.5 Å². The Morgan fingerprint density at radius 3 is 2.58 bits per heavy atom. The number of methoxy groups -OCH3 is 1. The zero-order valence-corrected chi connectivity index (χ0v) is 10.7. The highest BCUT2D eigenvalue weighted by Crippen LogP contribution is 2.17. The van der Waals surface area contributed by atoms with Gasteiger partial charge in [-0.3, -0.25) is 9.78 Å². The number of nitrogens with two attached hydrogens (primary N) is 1. The summed E-state index contributed by atoms with van der Waals surface area (Å²) < 4.78 is 4.60. The van der Waals surface area contributed by atoms with E-state index in [1.807, 2.05) is 42.5 Å². The number of aromatic nitrogens is 1. The second-order valence-corrected chi connectivity index (χ2v) is 4.25. The number of ether oxygens (including phenoxy) is 1. The summed E-state index contributed by atoms with van der Waals surface area (Å²) in [5.74, 6) is -0.395. The van der Waals surface area contributed by atoms with Gasteiger partial charge in [0.25, 0.3) is 0 Å². The van der Waals surface area contributed by atoms with Gasteiger partial charge in [-0.15, -0.1) is 0 Å². The molecule has 19 heavy (non-hydrogen) atoms. The molecule has 0 radical (unpaired) electrons. The molecule has 0 amide bonds. The van der Waals surface area contributed by atoms with Crippen LogP contribution in [-0.4, -0.2) is 24.1 Å². The van der Waals surface area contributed by atoms with Crippen molar-refractivity contribution in [2.24, 2.45) is 5.73 Å². The molecule has 2 N–H and O–H groups in total. The van der Waals surface area contributed by atoms with E-state index in [4.69, 9.17) is 5.73 Å². The highest BCUT2D eigenvalue weighted by molar-refractivity contribution is 5.75. The molecule has 0 spiro atoms. The third-order valence-electron chi connectivity index (χ3n) is 2.87. The lowest BCUT2D eigenvalue weighted by atomic mass is 10.0. The summed E-state index contributed by atoms with van der Waals surface area (Å²) in [6, 6.07) is 13.0. The van der Waals surface area contributed by atoms with E-state index in [-0.39, 0.29) is 0 Å². The number of nitrogens with zero attached hydrogens (tertiary/aromatic N) is 1. The number of hydrogen-bond acceptors (Lipinski definition) is 4. The molecule has 4 heteroatoms. The fourth-order valence-corrected chi connectivity index (χ4v) is 1.83. The summed E-state index contributed by atoms with van der Waals surface area (Å²) in [6.07, 6.45) is 2.23. The number of rotatable bonds is 4. The van der Waals surface area contributed by atoms with Crippen LogP contribution >= 0.6 is 0 Å². The molecule has 1 atom stereocenters. The van der Waals surface area contributed by atoms with Crippen molar-refractivity contribution in [3.05, 3.63) is 54.2 Å². The van der Waals surface area contributed by atoms with E-state index in [0.717, 1.165) is 16.8 Å². The number of esters is 1. The third-order valence-corrected chi connectivity index (χ3v) is 2.87. The van der Waals surface area contributed by atoms with Crippen molar-refractivity contribution in [1.29, 1.82) is 0 Å². The predicted octanol–water partition coefficient (Wildman–Crippen LogP) is 1.79. The van der Waals surface area contributed by atoms with Crippen molar-refractivity contribution >= 4 is 5.97 Å². The molecule has 1 aromatic heterocycles. The Kier molecular flexibility index (Phi) is 4.26. The standard InChI is InChI=1S/C15H16N2O2/c1-19-15(18)13(16)10-11-5-7-12(8-6-11)14-4-2-3-9-17-14/h2-9,13H,10,16H2,1H3/t13-/m0/s1. The van der Waals surface area contributed by atoms with Crippen molar-refractivity contribution < 1.29 is 9.53 Å². The summed E-state index contributed by atoms with van der Waals surface area (Å²) in [5, 5.41) is 0. The van der Waals surface area contributed by atoms with Gasteiger partial charge in [0, 0.05) is 11.8 Å². The Hall–Kier alpha value is -2.20. The molecular formula is C15H16N2O2. The molecule has 2 rings (SSSR count). The second kappa shape index (κ2) is 6.11. The van der Waals surface area contributed by atoms with Crippen molar-refractivity contribution in [1.82, 2.24) is 4.98 Å². The normalized spacial score (nSPS) is 11.9. The summed E-state index contributed by atoms with van der Waals surface area (Å²) in [5.41, 5.74) is 8.68. The molecule has 98 valence electrons. The SMILES string of the molecule is COC(=O)[C@@H](N)Cc1ccc(-c2ccccn2)cc1. The van der Waals surface area contributed by atoms with E-state index >= 15 is 0 Å². The van der Waals surface area contributed by atoms with Gasteiger partial charge in [-0.25, -0.2) is 0 Å². The molecule has 1 aromatic carbocycles. The largest absolute Gasteiger partial charge is 0.468 e. The monoisotopic (exact) mass is 256 g/mol. The van der Waals surface area contributed by atoms with Crippen LogP contribution < -0.4 is 5.73 Å². The maximum Gasteiger partial charge on any atom is 0.322 e. The minimum Gasteiger partial charge on any atom is -0.468 e. The van der Waals surface area contributed by atoms with Crippen molar-refractivity contribution in [3.8, 4) is 11.3 Å². The number of hydrogen-bond donors (Lipinski definition) is 1. The predicted molar refractivity (Wildman–Crippen MR) is 73.4 cm³/mol. The zero-order valence-electron chi connectivity index (χ0n) is 10.7. The molecule has 0 saturated heterocycles. The lowest BCUT2D eigenvalue weighted by Crippen LogP contribution is -2.33. The van der Waals surface area contributed by atoms with Crippen LogP contribution in [0.2, 0.25) is 0 Å².